The molecule has 0 unspecified atom stereocenters. The molecule has 35 heavy (non-hydrogen) atoms. The van der Waals surface area contributed by atoms with E-state index < -0.39 is 5.91 Å². The number of hydrogen-bond donors (Lipinski definition) is 2. The number of carbonyl (C=O) groups is 2. The van der Waals surface area contributed by atoms with Gasteiger partial charge in [-0.3, -0.25) is 9.59 Å². The maximum absolute atomic E-state index is 12.5. The van der Waals surface area contributed by atoms with Crippen LogP contribution in [0.5, 0.6) is 0 Å². The van der Waals surface area contributed by atoms with Crippen molar-refractivity contribution in [3.63, 3.8) is 0 Å². The van der Waals surface area contributed by atoms with Crippen molar-refractivity contribution in [1.29, 1.82) is 0 Å². The van der Waals surface area contributed by atoms with Gasteiger partial charge >= 0.3 is 0 Å². The Kier molecular flexibility index (Phi) is 7.83. The number of hydrogen-bond acceptors (Lipinski definition) is 3. The highest BCUT2D eigenvalue weighted by Gasteiger charge is 2.12. The molecule has 0 saturated carbocycles. The zero-order valence-corrected chi connectivity index (χ0v) is 20.8. The first kappa shape index (κ1) is 24.9. The molecule has 0 atom stereocenters. The van der Waals surface area contributed by atoms with Gasteiger partial charge in [0.15, 0.2) is 0 Å². The van der Waals surface area contributed by atoms with Crippen molar-refractivity contribution in [2.45, 2.75) is 0 Å². The van der Waals surface area contributed by atoms with E-state index in [-0.39, 0.29) is 16.5 Å². The molecule has 0 fully saturated rings. The van der Waals surface area contributed by atoms with E-state index in [9.17, 15) is 9.59 Å². The van der Waals surface area contributed by atoms with Crippen LogP contribution in [0.1, 0.15) is 16.1 Å². The molecule has 3 aromatic carbocycles. The van der Waals surface area contributed by atoms with Gasteiger partial charge in [0.25, 0.3) is 5.91 Å². The lowest BCUT2D eigenvalue weighted by molar-refractivity contribution is -0.111. The number of nitrogens with one attached hydrogen (secondary N) is 2. The number of amides is 2. The summed E-state index contributed by atoms with van der Waals surface area (Å²) in [5, 5.41) is 6.97. The second kappa shape index (κ2) is 11.0. The fraction of sp³-hybridized carbons (Fsp3) is 0. The van der Waals surface area contributed by atoms with E-state index in [4.69, 9.17) is 50.8 Å². The maximum Gasteiger partial charge on any atom is 0.257 e. The zero-order valence-electron chi connectivity index (χ0n) is 17.8. The summed E-state index contributed by atoms with van der Waals surface area (Å²) >= 11 is 24.3. The monoisotopic (exact) mass is 544 g/mol. The first-order valence-corrected chi connectivity index (χ1v) is 11.7. The molecule has 4 aromatic rings. The first-order chi connectivity index (χ1) is 16.8. The van der Waals surface area contributed by atoms with Crippen molar-refractivity contribution in [3.05, 3.63) is 110 Å². The normalized spacial score (nSPS) is 11.0. The number of rotatable bonds is 6. The molecule has 0 radical (unpaired) electrons. The molecule has 0 bridgehead atoms. The molecule has 5 nitrogen and oxygen atoms in total. The molecule has 0 spiro atoms. The predicted octanol–water partition coefficient (Wildman–Crippen LogP) is 8.46. The molecule has 0 aliphatic carbocycles. The van der Waals surface area contributed by atoms with Crippen LogP contribution in [0.4, 0.5) is 11.4 Å². The summed E-state index contributed by atoms with van der Waals surface area (Å²) < 4.78 is 5.75. The third-order valence-electron chi connectivity index (χ3n) is 4.81. The van der Waals surface area contributed by atoms with Gasteiger partial charge in [0, 0.05) is 28.0 Å². The van der Waals surface area contributed by atoms with Crippen molar-refractivity contribution < 1.29 is 14.0 Å². The van der Waals surface area contributed by atoms with Crippen LogP contribution < -0.4 is 10.6 Å². The van der Waals surface area contributed by atoms with Gasteiger partial charge < -0.3 is 15.1 Å². The lowest BCUT2D eigenvalue weighted by atomic mass is 10.2. The molecular weight excluding hydrogens is 530 g/mol. The van der Waals surface area contributed by atoms with Gasteiger partial charge in [0.1, 0.15) is 11.5 Å². The van der Waals surface area contributed by atoms with Crippen LogP contribution >= 0.6 is 46.4 Å². The van der Waals surface area contributed by atoms with Crippen molar-refractivity contribution in [2.24, 2.45) is 0 Å². The average Bonchev–Trinajstić information content (AvgIpc) is 3.28. The van der Waals surface area contributed by atoms with E-state index in [1.54, 1.807) is 60.7 Å². The van der Waals surface area contributed by atoms with Gasteiger partial charge in [-0.1, -0.05) is 58.5 Å². The van der Waals surface area contributed by atoms with Crippen LogP contribution in [0.15, 0.2) is 83.3 Å². The van der Waals surface area contributed by atoms with Crippen molar-refractivity contribution in [2.75, 3.05) is 10.6 Å². The standard InChI is InChI=1S/C26H16Cl4N2O3/c27-15-7-10-19(22(29)13-15)26(34)32-17-4-1-3-16(14-17)31-24(33)12-9-18-8-11-23(35-18)20-5-2-6-21(28)25(20)30/h1-14H,(H,31,33)(H,32,34). The van der Waals surface area contributed by atoms with E-state index in [1.165, 1.54) is 24.3 Å². The molecular formula is C26H16Cl4N2O3. The van der Waals surface area contributed by atoms with Crippen LogP contribution in [0, 0.1) is 0 Å². The minimum absolute atomic E-state index is 0.239. The lowest BCUT2D eigenvalue weighted by Gasteiger charge is -2.09. The van der Waals surface area contributed by atoms with Crippen LogP contribution in [0.25, 0.3) is 17.4 Å². The summed E-state index contributed by atoms with van der Waals surface area (Å²) in [6, 6.07) is 20.0. The number of halogens is 4. The van der Waals surface area contributed by atoms with Crippen molar-refractivity contribution in [1.82, 2.24) is 0 Å². The minimum Gasteiger partial charge on any atom is -0.457 e. The summed E-state index contributed by atoms with van der Waals surface area (Å²) in [5.74, 6) is 0.213. The topological polar surface area (TPSA) is 71.3 Å². The fourth-order valence-electron chi connectivity index (χ4n) is 3.17. The van der Waals surface area contributed by atoms with E-state index in [0.717, 1.165) is 0 Å². The van der Waals surface area contributed by atoms with E-state index in [2.05, 4.69) is 10.6 Å². The Morgan fingerprint density at radius 3 is 2.29 bits per heavy atom. The summed E-state index contributed by atoms with van der Waals surface area (Å²) in [6.07, 6.45) is 2.87. The third-order valence-corrected chi connectivity index (χ3v) is 6.17. The van der Waals surface area contributed by atoms with E-state index in [0.29, 0.717) is 43.5 Å². The minimum atomic E-state index is -0.400. The second-order valence-electron chi connectivity index (χ2n) is 7.29. The molecule has 176 valence electrons. The Balaban J connectivity index is 1.40. The molecule has 2 N–H and O–H groups in total. The highest BCUT2D eigenvalue weighted by atomic mass is 35.5. The Labute approximate surface area is 221 Å². The predicted molar refractivity (Wildman–Crippen MR) is 143 cm³/mol. The second-order valence-corrected chi connectivity index (χ2v) is 8.91. The quantitative estimate of drug-likeness (QED) is 0.239. The number of furan rings is 1. The molecule has 1 heterocycles. The van der Waals surface area contributed by atoms with Gasteiger partial charge in [-0.25, -0.2) is 0 Å². The molecule has 0 saturated heterocycles. The van der Waals surface area contributed by atoms with E-state index >= 15 is 0 Å². The van der Waals surface area contributed by atoms with Crippen molar-refractivity contribution >= 4 is 75.7 Å². The van der Waals surface area contributed by atoms with Crippen molar-refractivity contribution in [3.8, 4) is 11.3 Å². The van der Waals surface area contributed by atoms with Crippen LogP contribution in [-0.4, -0.2) is 11.8 Å². The molecule has 0 aliphatic rings. The fourth-order valence-corrected chi connectivity index (χ4v) is 4.06. The Hall–Kier alpha value is -3.22. The van der Waals surface area contributed by atoms with Gasteiger partial charge in [-0.15, -0.1) is 0 Å². The highest BCUT2D eigenvalue weighted by molar-refractivity contribution is 6.43. The van der Waals surface area contributed by atoms with Gasteiger partial charge in [0.05, 0.1) is 20.6 Å². The summed E-state index contributed by atoms with van der Waals surface area (Å²) in [6.45, 7) is 0. The number of anilines is 2. The van der Waals surface area contributed by atoms with Crippen LogP contribution in [-0.2, 0) is 4.79 Å². The third kappa shape index (κ3) is 6.27. The SMILES string of the molecule is O=C(C=Cc1ccc(-c2cccc(Cl)c2Cl)o1)Nc1cccc(NC(=O)c2ccc(Cl)cc2Cl)c1. The molecule has 1 aromatic heterocycles. The number of benzene rings is 3. The van der Waals surface area contributed by atoms with Gasteiger partial charge in [0.2, 0.25) is 5.91 Å². The highest BCUT2D eigenvalue weighted by Crippen LogP contribution is 2.34. The summed E-state index contributed by atoms with van der Waals surface area (Å²) in [7, 11) is 0. The zero-order chi connectivity index (χ0) is 24.9. The molecule has 4 rings (SSSR count). The summed E-state index contributed by atoms with van der Waals surface area (Å²) in [5.41, 5.74) is 1.91. The average molecular weight is 546 g/mol. The molecule has 0 aliphatic heterocycles. The first-order valence-electron chi connectivity index (χ1n) is 10.2. The smallest absolute Gasteiger partial charge is 0.257 e. The molecule has 2 amide bonds. The van der Waals surface area contributed by atoms with Crippen LogP contribution in [0.3, 0.4) is 0 Å². The largest absolute Gasteiger partial charge is 0.457 e. The van der Waals surface area contributed by atoms with Crippen LogP contribution in [0.2, 0.25) is 20.1 Å². The summed E-state index contributed by atoms with van der Waals surface area (Å²) in [4.78, 5) is 24.9. The van der Waals surface area contributed by atoms with Gasteiger partial charge in [-0.05, 0) is 66.7 Å². The Bertz CT molecular complexity index is 1450. The van der Waals surface area contributed by atoms with Gasteiger partial charge in [-0.2, -0.15) is 0 Å². The Morgan fingerprint density at radius 2 is 1.51 bits per heavy atom. The van der Waals surface area contributed by atoms with E-state index in [1.807, 2.05) is 0 Å². The maximum atomic E-state index is 12.5. The number of carbonyl (C=O) groups excluding carboxylic acids is 2. The lowest BCUT2D eigenvalue weighted by Crippen LogP contribution is -2.13. The molecule has 9 heteroatoms. The Morgan fingerprint density at radius 1 is 0.771 bits per heavy atom.